The number of nitriles is 1. The van der Waals surface area contributed by atoms with Gasteiger partial charge in [-0.15, -0.1) is 0 Å². The molecule has 0 saturated heterocycles. The fourth-order valence-corrected chi connectivity index (χ4v) is 1.82. The molecule has 0 aliphatic heterocycles. The summed E-state index contributed by atoms with van der Waals surface area (Å²) in [5.41, 5.74) is 3.92. The highest BCUT2D eigenvalue weighted by Gasteiger charge is 2.08. The Bertz CT molecular complexity index is 589. The van der Waals surface area contributed by atoms with Gasteiger partial charge in [-0.3, -0.25) is 4.68 Å². The largest absolute Gasteiger partial charge is 0.366 e. The van der Waals surface area contributed by atoms with Crippen molar-refractivity contribution in [3.8, 4) is 6.07 Å². The number of nitrogens with zero attached hydrogens (tertiary/aromatic N) is 4. The lowest BCUT2D eigenvalue weighted by atomic mass is 10.2. The molecule has 5 nitrogen and oxygen atoms in total. The van der Waals surface area contributed by atoms with E-state index >= 15 is 0 Å². The Morgan fingerprint density at radius 3 is 2.67 bits per heavy atom. The molecule has 0 bridgehead atoms. The van der Waals surface area contributed by atoms with Gasteiger partial charge in [-0.05, 0) is 26.0 Å². The second-order valence-electron chi connectivity index (χ2n) is 4.17. The summed E-state index contributed by atoms with van der Waals surface area (Å²) in [4.78, 5) is 4.17. The molecule has 0 atom stereocenters. The van der Waals surface area contributed by atoms with Gasteiger partial charge in [0, 0.05) is 31.0 Å². The van der Waals surface area contributed by atoms with Crippen LogP contribution in [0.2, 0.25) is 0 Å². The maximum Gasteiger partial charge on any atom is 0.126 e. The minimum absolute atomic E-state index is 0.564. The summed E-state index contributed by atoms with van der Waals surface area (Å²) in [6.45, 7) is 4.73. The molecule has 0 aromatic carbocycles. The molecule has 0 spiro atoms. The van der Waals surface area contributed by atoms with Crippen LogP contribution in [0.15, 0.2) is 18.3 Å². The van der Waals surface area contributed by atoms with Crippen molar-refractivity contribution in [1.82, 2.24) is 14.8 Å². The first-order valence-electron chi connectivity index (χ1n) is 5.71. The molecule has 18 heavy (non-hydrogen) atoms. The van der Waals surface area contributed by atoms with Crippen molar-refractivity contribution < 1.29 is 0 Å². The zero-order chi connectivity index (χ0) is 13.1. The summed E-state index contributed by atoms with van der Waals surface area (Å²) in [5.74, 6) is 0.761. The Morgan fingerprint density at radius 2 is 2.17 bits per heavy atom. The molecule has 1 N–H and O–H groups in total. The van der Waals surface area contributed by atoms with E-state index in [1.54, 1.807) is 18.3 Å². The Labute approximate surface area is 106 Å². The molecule has 5 heteroatoms. The van der Waals surface area contributed by atoms with Crippen LogP contribution in [0.5, 0.6) is 0 Å². The Morgan fingerprint density at radius 1 is 1.39 bits per heavy atom. The second kappa shape index (κ2) is 4.88. The zero-order valence-electron chi connectivity index (χ0n) is 10.7. The van der Waals surface area contributed by atoms with Gasteiger partial charge in [0.25, 0.3) is 0 Å². The maximum absolute atomic E-state index is 8.69. The van der Waals surface area contributed by atoms with Crippen LogP contribution in [0, 0.1) is 25.2 Å². The molecule has 0 saturated carbocycles. The first-order valence-corrected chi connectivity index (χ1v) is 5.71. The van der Waals surface area contributed by atoms with E-state index < -0.39 is 0 Å². The summed E-state index contributed by atoms with van der Waals surface area (Å²) in [6.07, 6.45) is 1.56. The van der Waals surface area contributed by atoms with E-state index in [9.17, 15) is 0 Å². The standard InChI is InChI=1S/C13H15N5/c1-9-12(10(2)18(3)17-9)8-16-13-5-4-11(6-14)7-15-13/h4-5,7H,8H2,1-3H3,(H,15,16). The zero-order valence-corrected chi connectivity index (χ0v) is 10.7. The number of hydrogen-bond donors (Lipinski definition) is 1. The molecular weight excluding hydrogens is 226 g/mol. The van der Waals surface area contributed by atoms with E-state index in [1.807, 2.05) is 31.6 Å². The maximum atomic E-state index is 8.69. The average molecular weight is 241 g/mol. The van der Waals surface area contributed by atoms with Gasteiger partial charge in [0.05, 0.1) is 11.3 Å². The molecule has 0 fully saturated rings. The number of aromatic nitrogens is 3. The van der Waals surface area contributed by atoms with Crippen LogP contribution in [0.25, 0.3) is 0 Å². The van der Waals surface area contributed by atoms with Crippen molar-refractivity contribution in [2.75, 3.05) is 5.32 Å². The summed E-state index contributed by atoms with van der Waals surface area (Å²) in [5, 5.41) is 16.3. The van der Waals surface area contributed by atoms with Gasteiger partial charge in [-0.2, -0.15) is 10.4 Å². The van der Waals surface area contributed by atoms with E-state index in [0.29, 0.717) is 12.1 Å². The Hall–Kier alpha value is -2.35. The van der Waals surface area contributed by atoms with Gasteiger partial charge in [-0.1, -0.05) is 0 Å². The van der Waals surface area contributed by atoms with Crippen LogP contribution in [0.4, 0.5) is 5.82 Å². The van der Waals surface area contributed by atoms with E-state index in [0.717, 1.165) is 17.2 Å². The number of aryl methyl sites for hydroxylation is 2. The van der Waals surface area contributed by atoms with Crippen LogP contribution in [0.3, 0.4) is 0 Å². The van der Waals surface area contributed by atoms with Crippen LogP contribution < -0.4 is 5.32 Å². The lowest BCUT2D eigenvalue weighted by Crippen LogP contribution is -2.03. The van der Waals surface area contributed by atoms with Crippen molar-refractivity contribution in [1.29, 1.82) is 5.26 Å². The fourth-order valence-electron chi connectivity index (χ4n) is 1.82. The predicted octanol–water partition coefficient (Wildman–Crippen LogP) is 1.92. The quantitative estimate of drug-likeness (QED) is 0.891. The Balaban J connectivity index is 2.09. The van der Waals surface area contributed by atoms with Crippen LogP contribution >= 0.6 is 0 Å². The summed E-state index contributed by atoms with van der Waals surface area (Å²) >= 11 is 0. The lowest BCUT2D eigenvalue weighted by molar-refractivity contribution is 0.730. The van der Waals surface area contributed by atoms with Gasteiger partial charge in [-0.25, -0.2) is 4.98 Å². The SMILES string of the molecule is Cc1nn(C)c(C)c1CNc1ccc(C#N)cn1. The molecule has 0 radical (unpaired) electrons. The van der Waals surface area contributed by atoms with Crippen LogP contribution in [-0.2, 0) is 13.6 Å². The summed E-state index contributed by atoms with van der Waals surface area (Å²) in [6, 6.07) is 5.60. The number of hydrogen-bond acceptors (Lipinski definition) is 4. The van der Waals surface area contributed by atoms with E-state index in [1.165, 1.54) is 5.56 Å². The van der Waals surface area contributed by atoms with Gasteiger partial charge >= 0.3 is 0 Å². The number of anilines is 1. The van der Waals surface area contributed by atoms with Crippen molar-refractivity contribution in [2.45, 2.75) is 20.4 Å². The molecule has 0 aliphatic rings. The smallest absolute Gasteiger partial charge is 0.126 e. The molecular formula is C13H15N5. The lowest BCUT2D eigenvalue weighted by Gasteiger charge is -2.06. The Kier molecular flexibility index (Phi) is 3.28. The highest BCUT2D eigenvalue weighted by atomic mass is 15.3. The second-order valence-corrected chi connectivity index (χ2v) is 4.17. The van der Waals surface area contributed by atoms with Crippen molar-refractivity contribution in [2.24, 2.45) is 7.05 Å². The third kappa shape index (κ3) is 2.33. The molecule has 2 aromatic rings. The first-order chi connectivity index (χ1) is 8.61. The normalized spacial score (nSPS) is 10.1. The summed E-state index contributed by atoms with van der Waals surface area (Å²) in [7, 11) is 1.94. The van der Waals surface area contributed by atoms with Gasteiger partial charge in [0.1, 0.15) is 11.9 Å². The molecule has 0 aliphatic carbocycles. The van der Waals surface area contributed by atoms with E-state index in [4.69, 9.17) is 5.26 Å². The van der Waals surface area contributed by atoms with E-state index in [2.05, 4.69) is 15.4 Å². The van der Waals surface area contributed by atoms with Crippen molar-refractivity contribution in [3.63, 3.8) is 0 Å². The fraction of sp³-hybridized carbons (Fsp3) is 0.308. The number of nitrogens with one attached hydrogen (secondary N) is 1. The molecule has 2 aromatic heterocycles. The van der Waals surface area contributed by atoms with E-state index in [-0.39, 0.29) is 0 Å². The first kappa shape index (κ1) is 12.1. The minimum atomic E-state index is 0.564. The van der Waals surface area contributed by atoms with Gasteiger partial charge in [0.2, 0.25) is 0 Å². The van der Waals surface area contributed by atoms with Crippen molar-refractivity contribution in [3.05, 3.63) is 40.8 Å². The molecule has 2 rings (SSSR count). The van der Waals surface area contributed by atoms with Gasteiger partial charge in [0.15, 0.2) is 0 Å². The van der Waals surface area contributed by atoms with Gasteiger partial charge < -0.3 is 5.32 Å². The highest BCUT2D eigenvalue weighted by Crippen LogP contribution is 2.14. The molecule has 0 unspecified atom stereocenters. The highest BCUT2D eigenvalue weighted by molar-refractivity contribution is 5.40. The molecule has 0 amide bonds. The minimum Gasteiger partial charge on any atom is -0.366 e. The third-order valence-electron chi connectivity index (χ3n) is 3.00. The monoisotopic (exact) mass is 241 g/mol. The molecule has 92 valence electrons. The topological polar surface area (TPSA) is 66.5 Å². The average Bonchev–Trinajstić information content (AvgIpc) is 2.62. The van der Waals surface area contributed by atoms with Crippen LogP contribution in [0.1, 0.15) is 22.5 Å². The summed E-state index contributed by atoms with van der Waals surface area (Å²) < 4.78 is 1.87. The molecule has 2 heterocycles. The predicted molar refractivity (Wildman–Crippen MR) is 69.0 cm³/mol. The third-order valence-corrected chi connectivity index (χ3v) is 3.00. The number of pyridine rings is 1. The van der Waals surface area contributed by atoms with Crippen LogP contribution in [-0.4, -0.2) is 14.8 Å². The number of rotatable bonds is 3. The van der Waals surface area contributed by atoms with Crippen molar-refractivity contribution >= 4 is 5.82 Å².